The number of aliphatic carboxylic acids is 1. The first-order valence-electron chi connectivity index (χ1n) is 12.5. The van der Waals surface area contributed by atoms with Crippen LogP contribution in [0.4, 0.5) is 5.69 Å². The topological polar surface area (TPSA) is 52.6 Å². The zero-order chi connectivity index (χ0) is 20.5. The number of para-hydroxylation sites is 1. The Hall–Kier alpha value is -1.55. The molecule has 1 aromatic rings. The second kappa shape index (κ2) is 8.90. The highest BCUT2D eigenvalue weighted by atomic mass is 16.4. The zero-order valence-electron chi connectivity index (χ0n) is 18.3. The van der Waals surface area contributed by atoms with Crippen molar-refractivity contribution >= 4 is 11.7 Å². The first-order valence-corrected chi connectivity index (χ1v) is 12.5. The van der Waals surface area contributed by atoms with Crippen molar-refractivity contribution in [1.29, 1.82) is 0 Å². The van der Waals surface area contributed by atoms with Gasteiger partial charge < -0.3 is 10.4 Å². The molecule has 4 bridgehead atoms. The van der Waals surface area contributed by atoms with Crippen molar-refractivity contribution in [3.63, 3.8) is 0 Å². The standard InChI is InChI=1S/C26H38N2O2/c29-26(30)12-11-20-7-1-2-10-25(20)27-21-16-22-8-4-9-23(17-21)28(22)24-14-18-5-3-6-19(13-18)15-24/h1-2,7,10,18-19,21-24,27H,3-6,8-9,11-17H2,(H,29,30)/t18-,19+,21-,22+,23-,24+. The van der Waals surface area contributed by atoms with Crippen molar-refractivity contribution < 1.29 is 9.90 Å². The lowest BCUT2D eigenvalue weighted by Gasteiger charge is -2.55. The van der Waals surface area contributed by atoms with Crippen molar-refractivity contribution in [2.45, 2.75) is 108 Å². The van der Waals surface area contributed by atoms with Crippen LogP contribution in [0.2, 0.25) is 0 Å². The van der Waals surface area contributed by atoms with E-state index in [1.165, 1.54) is 70.6 Å². The van der Waals surface area contributed by atoms with Gasteiger partial charge in [-0.3, -0.25) is 9.69 Å². The lowest BCUT2D eigenvalue weighted by atomic mass is 9.68. The van der Waals surface area contributed by atoms with Gasteiger partial charge in [-0.2, -0.15) is 0 Å². The molecule has 4 fully saturated rings. The molecule has 2 aliphatic carbocycles. The van der Waals surface area contributed by atoms with Gasteiger partial charge in [-0.05, 0) is 74.8 Å². The number of nitrogens with one attached hydrogen (secondary N) is 1. The number of fused-ring (bicyclic) bond motifs is 4. The monoisotopic (exact) mass is 410 g/mol. The Bertz CT molecular complexity index is 724. The average molecular weight is 411 g/mol. The molecule has 6 atom stereocenters. The summed E-state index contributed by atoms with van der Waals surface area (Å²) in [6.45, 7) is 0. The molecule has 4 nitrogen and oxygen atoms in total. The predicted octanol–water partition coefficient (Wildman–Crippen LogP) is 5.47. The van der Waals surface area contributed by atoms with Gasteiger partial charge in [-0.25, -0.2) is 0 Å². The third-order valence-corrected chi connectivity index (χ3v) is 8.54. The molecule has 2 N–H and O–H groups in total. The zero-order valence-corrected chi connectivity index (χ0v) is 18.3. The summed E-state index contributed by atoms with van der Waals surface area (Å²) in [5, 5.41) is 12.9. The van der Waals surface area contributed by atoms with E-state index in [1.807, 2.05) is 6.07 Å². The van der Waals surface area contributed by atoms with Gasteiger partial charge >= 0.3 is 5.97 Å². The molecular formula is C26H38N2O2. The number of hydrogen-bond acceptors (Lipinski definition) is 3. The van der Waals surface area contributed by atoms with E-state index >= 15 is 0 Å². The van der Waals surface area contributed by atoms with Crippen LogP contribution in [-0.2, 0) is 11.2 Å². The Labute approximate surface area is 181 Å². The Morgan fingerprint density at radius 1 is 0.900 bits per heavy atom. The Morgan fingerprint density at radius 2 is 1.57 bits per heavy atom. The fourth-order valence-electron chi connectivity index (χ4n) is 7.41. The molecule has 4 aliphatic rings. The highest BCUT2D eigenvalue weighted by molar-refractivity contribution is 5.67. The third-order valence-electron chi connectivity index (χ3n) is 8.54. The summed E-state index contributed by atoms with van der Waals surface area (Å²) >= 11 is 0. The van der Waals surface area contributed by atoms with Gasteiger partial charge in [-0.15, -0.1) is 0 Å². The molecule has 2 saturated heterocycles. The molecular weight excluding hydrogens is 372 g/mol. The number of anilines is 1. The van der Waals surface area contributed by atoms with E-state index < -0.39 is 5.97 Å². The number of carbonyl (C=O) groups is 1. The van der Waals surface area contributed by atoms with Crippen molar-refractivity contribution in [3.8, 4) is 0 Å². The van der Waals surface area contributed by atoms with Crippen LogP contribution in [0.25, 0.3) is 0 Å². The number of piperidine rings is 2. The number of carboxylic acid groups (broad SMARTS) is 1. The van der Waals surface area contributed by atoms with Gasteiger partial charge in [0.05, 0.1) is 0 Å². The van der Waals surface area contributed by atoms with E-state index in [-0.39, 0.29) is 6.42 Å². The first kappa shape index (κ1) is 20.4. The highest BCUT2D eigenvalue weighted by Crippen LogP contribution is 2.46. The minimum Gasteiger partial charge on any atom is -0.481 e. The van der Waals surface area contributed by atoms with E-state index in [2.05, 4.69) is 28.4 Å². The van der Waals surface area contributed by atoms with E-state index in [0.29, 0.717) is 12.5 Å². The minimum absolute atomic E-state index is 0.201. The van der Waals surface area contributed by atoms with Crippen LogP contribution in [-0.4, -0.2) is 40.1 Å². The first-order chi connectivity index (χ1) is 14.7. The lowest BCUT2D eigenvalue weighted by Crippen LogP contribution is -2.60. The fraction of sp³-hybridized carbons (Fsp3) is 0.731. The Morgan fingerprint density at radius 3 is 2.27 bits per heavy atom. The van der Waals surface area contributed by atoms with Crippen LogP contribution in [0.3, 0.4) is 0 Å². The molecule has 0 amide bonds. The summed E-state index contributed by atoms with van der Waals surface area (Å²) < 4.78 is 0. The summed E-state index contributed by atoms with van der Waals surface area (Å²) in [5.74, 6) is 1.28. The number of aryl methyl sites for hydroxylation is 1. The summed E-state index contributed by atoms with van der Waals surface area (Å²) in [6, 6.07) is 11.2. The molecule has 0 spiro atoms. The predicted molar refractivity (Wildman–Crippen MR) is 121 cm³/mol. The van der Waals surface area contributed by atoms with Gasteiger partial charge in [-0.1, -0.05) is 43.9 Å². The average Bonchev–Trinajstić information content (AvgIpc) is 2.72. The van der Waals surface area contributed by atoms with Gasteiger partial charge in [0.2, 0.25) is 0 Å². The molecule has 164 valence electrons. The molecule has 0 unspecified atom stereocenters. The van der Waals surface area contributed by atoms with E-state index in [9.17, 15) is 4.79 Å². The van der Waals surface area contributed by atoms with Crippen molar-refractivity contribution in [2.75, 3.05) is 5.32 Å². The van der Waals surface area contributed by atoms with Crippen LogP contribution in [0.1, 0.15) is 82.6 Å². The van der Waals surface area contributed by atoms with Gasteiger partial charge in [0.15, 0.2) is 0 Å². The van der Waals surface area contributed by atoms with Crippen LogP contribution in [0, 0.1) is 11.8 Å². The molecule has 2 heterocycles. The Balaban J connectivity index is 1.26. The molecule has 1 aromatic carbocycles. The molecule has 4 heteroatoms. The summed E-state index contributed by atoms with van der Waals surface area (Å²) in [6.07, 6.45) is 16.3. The van der Waals surface area contributed by atoms with Crippen LogP contribution in [0.15, 0.2) is 24.3 Å². The number of benzene rings is 1. The van der Waals surface area contributed by atoms with E-state index in [0.717, 1.165) is 41.2 Å². The smallest absolute Gasteiger partial charge is 0.303 e. The van der Waals surface area contributed by atoms with Crippen molar-refractivity contribution in [3.05, 3.63) is 29.8 Å². The second-order valence-corrected chi connectivity index (χ2v) is 10.6. The van der Waals surface area contributed by atoms with Crippen LogP contribution in [0.5, 0.6) is 0 Å². The summed E-state index contributed by atoms with van der Waals surface area (Å²) in [7, 11) is 0. The Kier molecular flexibility index (Phi) is 6.04. The molecule has 30 heavy (non-hydrogen) atoms. The molecule has 5 rings (SSSR count). The largest absolute Gasteiger partial charge is 0.481 e. The number of carboxylic acids is 1. The molecule has 0 radical (unpaired) electrons. The highest BCUT2D eigenvalue weighted by Gasteiger charge is 2.44. The number of nitrogens with zero attached hydrogens (tertiary/aromatic N) is 1. The van der Waals surface area contributed by atoms with Gasteiger partial charge in [0.25, 0.3) is 0 Å². The summed E-state index contributed by atoms with van der Waals surface area (Å²) in [5.41, 5.74) is 2.30. The third kappa shape index (κ3) is 4.39. The fourth-order valence-corrected chi connectivity index (χ4v) is 7.41. The van der Waals surface area contributed by atoms with E-state index in [4.69, 9.17) is 5.11 Å². The number of hydrogen-bond donors (Lipinski definition) is 2. The van der Waals surface area contributed by atoms with Gasteiger partial charge in [0, 0.05) is 36.3 Å². The lowest BCUT2D eigenvalue weighted by molar-refractivity contribution is -0.136. The summed E-state index contributed by atoms with van der Waals surface area (Å²) in [4.78, 5) is 14.0. The maximum absolute atomic E-state index is 11.0. The van der Waals surface area contributed by atoms with Crippen LogP contribution >= 0.6 is 0 Å². The quantitative estimate of drug-likeness (QED) is 0.653. The van der Waals surface area contributed by atoms with Gasteiger partial charge in [0.1, 0.15) is 0 Å². The van der Waals surface area contributed by atoms with Crippen molar-refractivity contribution in [1.82, 2.24) is 4.90 Å². The molecule has 2 aliphatic heterocycles. The maximum atomic E-state index is 11.0. The van der Waals surface area contributed by atoms with E-state index in [1.54, 1.807) is 0 Å². The second-order valence-electron chi connectivity index (χ2n) is 10.6. The normalized spacial score (nSPS) is 36.3. The SMILES string of the molecule is O=C(O)CCc1ccccc1N[C@H]1C[C@H]2CCC[C@@H](C1)N2[C@H]1C[C@@H]2CCC[C@@H](C2)C1. The number of rotatable bonds is 6. The molecule has 2 saturated carbocycles. The molecule has 0 aromatic heterocycles. The van der Waals surface area contributed by atoms with Crippen molar-refractivity contribution in [2.24, 2.45) is 11.8 Å². The minimum atomic E-state index is -0.718. The van der Waals surface area contributed by atoms with Crippen LogP contribution < -0.4 is 5.32 Å². The maximum Gasteiger partial charge on any atom is 0.303 e.